The Hall–Kier alpha value is -2.95. The van der Waals surface area contributed by atoms with E-state index in [4.69, 9.17) is 30.5 Å². The summed E-state index contributed by atoms with van der Waals surface area (Å²) in [5.74, 6) is 0.556. The number of carbonyl (C=O) groups is 1. The van der Waals surface area contributed by atoms with Crippen LogP contribution in [0.5, 0.6) is 11.9 Å². The zero-order valence-electron chi connectivity index (χ0n) is 25.0. The number of esters is 1. The van der Waals surface area contributed by atoms with Crippen molar-refractivity contribution in [3.8, 4) is 34.4 Å². The molecule has 0 saturated heterocycles. The van der Waals surface area contributed by atoms with Crippen molar-refractivity contribution in [2.75, 3.05) is 20.3 Å². The van der Waals surface area contributed by atoms with E-state index in [0.717, 1.165) is 22.7 Å². The van der Waals surface area contributed by atoms with E-state index in [9.17, 15) is 4.79 Å². The lowest BCUT2D eigenvalue weighted by atomic mass is 9.95. The van der Waals surface area contributed by atoms with Crippen molar-refractivity contribution >= 4 is 25.6 Å². The van der Waals surface area contributed by atoms with Crippen LogP contribution < -0.4 is 9.47 Å². The van der Waals surface area contributed by atoms with E-state index in [2.05, 4.69) is 34.7 Å². The molecule has 218 valence electrons. The quantitative estimate of drug-likeness (QED) is 0.124. The summed E-state index contributed by atoms with van der Waals surface area (Å²) in [6, 6.07) is 9.02. The van der Waals surface area contributed by atoms with Crippen LogP contribution in [0, 0.1) is 12.3 Å². The van der Waals surface area contributed by atoms with Crippen LogP contribution in [-0.2, 0) is 21.0 Å². The van der Waals surface area contributed by atoms with Crippen molar-refractivity contribution in [3.05, 3.63) is 41.0 Å². The molecule has 0 atom stereocenters. The second kappa shape index (κ2) is 13.1. The van der Waals surface area contributed by atoms with Crippen LogP contribution in [0.3, 0.4) is 0 Å². The van der Waals surface area contributed by atoms with E-state index in [1.807, 2.05) is 45.0 Å². The van der Waals surface area contributed by atoms with Crippen LogP contribution in [0.1, 0.15) is 33.3 Å². The van der Waals surface area contributed by atoms with Gasteiger partial charge < -0.3 is 18.9 Å². The number of hydrogen-bond acceptors (Lipinski definition) is 8. The van der Waals surface area contributed by atoms with E-state index >= 15 is 0 Å². The minimum absolute atomic E-state index is 0.0652. The van der Waals surface area contributed by atoms with Crippen molar-refractivity contribution in [1.29, 1.82) is 0 Å². The molecule has 1 aromatic carbocycles. The second-order valence-corrected chi connectivity index (χ2v) is 18.0. The van der Waals surface area contributed by atoms with E-state index in [1.54, 1.807) is 24.7 Å². The molecule has 0 fully saturated rings. The van der Waals surface area contributed by atoms with E-state index in [-0.39, 0.29) is 25.4 Å². The van der Waals surface area contributed by atoms with Crippen LogP contribution >= 0.6 is 11.6 Å². The SMILES string of the molecule is COC(=O)C(C)(C)COc1cc(C)c(-c2ccc(-c3nc(OC(C)C)n(COCC[Si](C)(C)C)n3)c(Cl)c2)cn1. The van der Waals surface area contributed by atoms with Gasteiger partial charge in [-0.3, -0.25) is 4.79 Å². The fourth-order valence-corrected chi connectivity index (χ4v) is 4.74. The summed E-state index contributed by atoms with van der Waals surface area (Å²) in [4.78, 5) is 21.0. The highest BCUT2D eigenvalue weighted by Crippen LogP contribution is 2.33. The number of carbonyl (C=O) groups excluding carboxylic acids is 1. The van der Waals surface area contributed by atoms with Crippen LogP contribution in [0.15, 0.2) is 30.5 Å². The molecule has 0 aliphatic heterocycles. The molecule has 0 unspecified atom stereocenters. The van der Waals surface area contributed by atoms with Gasteiger partial charge in [0.15, 0.2) is 5.82 Å². The molecule has 2 heterocycles. The molecule has 40 heavy (non-hydrogen) atoms. The summed E-state index contributed by atoms with van der Waals surface area (Å²) >= 11 is 6.74. The number of nitrogens with zero attached hydrogens (tertiary/aromatic N) is 4. The van der Waals surface area contributed by atoms with Gasteiger partial charge in [0.1, 0.15) is 13.3 Å². The van der Waals surface area contributed by atoms with Crippen molar-refractivity contribution < 1.29 is 23.7 Å². The Bertz CT molecular complexity index is 1320. The first-order valence-electron chi connectivity index (χ1n) is 13.4. The maximum atomic E-state index is 11.9. The Labute approximate surface area is 243 Å². The number of rotatable bonds is 13. The molecule has 9 nitrogen and oxygen atoms in total. The molecule has 3 rings (SSSR count). The highest BCUT2D eigenvalue weighted by Gasteiger charge is 2.30. The highest BCUT2D eigenvalue weighted by molar-refractivity contribution is 6.76. The number of methoxy groups -OCH3 is 1. The van der Waals surface area contributed by atoms with Crippen LogP contribution in [0.25, 0.3) is 22.5 Å². The average molecular weight is 589 g/mol. The molecule has 0 N–H and O–H groups in total. The van der Waals surface area contributed by atoms with Gasteiger partial charge in [-0.2, -0.15) is 9.67 Å². The van der Waals surface area contributed by atoms with E-state index in [0.29, 0.717) is 34.9 Å². The molecular formula is C29H41ClN4O5Si. The van der Waals surface area contributed by atoms with Gasteiger partial charge >= 0.3 is 12.0 Å². The van der Waals surface area contributed by atoms with Crippen LogP contribution in [-0.4, -0.2) is 60.2 Å². The molecule has 0 amide bonds. The molecule has 0 bridgehead atoms. The van der Waals surface area contributed by atoms with Crippen molar-refractivity contribution in [2.24, 2.45) is 5.41 Å². The first kappa shape index (κ1) is 31.6. The Kier molecular flexibility index (Phi) is 10.4. The Morgan fingerprint density at radius 2 is 1.88 bits per heavy atom. The third-order valence-electron chi connectivity index (χ3n) is 6.11. The second-order valence-electron chi connectivity index (χ2n) is 11.9. The van der Waals surface area contributed by atoms with Gasteiger partial charge in [-0.1, -0.05) is 37.3 Å². The molecule has 11 heteroatoms. The number of aromatic nitrogens is 4. The zero-order valence-corrected chi connectivity index (χ0v) is 26.8. The lowest BCUT2D eigenvalue weighted by Crippen LogP contribution is -2.32. The van der Waals surface area contributed by atoms with Gasteiger partial charge in [0.25, 0.3) is 0 Å². The van der Waals surface area contributed by atoms with Gasteiger partial charge in [-0.05, 0) is 63.9 Å². The van der Waals surface area contributed by atoms with Gasteiger partial charge in [-0.15, -0.1) is 5.10 Å². The summed E-state index contributed by atoms with van der Waals surface area (Å²) in [6.45, 7) is 17.4. The molecule has 0 aliphatic carbocycles. The van der Waals surface area contributed by atoms with Gasteiger partial charge in [0.2, 0.25) is 5.88 Å². The van der Waals surface area contributed by atoms with Gasteiger partial charge in [0.05, 0.1) is 23.7 Å². The van der Waals surface area contributed by atoms with Crippen molar-refractivity contribution in [2.45, 2.75) is 73.1 Å². The molecule has 3 aromatic rings. The fourth-order valence-electron chi connectivity index (χ4n) is 3.72. The van der Waals surface area contributed by atoms with Crippen molar-refractivity contribution in [3.63, 3.8) is 0 Å². The zero-order chi connectivity index (χ0) is 29.7. The molecule has 0 aliphatic rings. The highest BCUT2D eigenvalue weighted by atomic mass is 35.5. The van der Waals surface area contributed by atoms with Gasteiger partial charge in [-0.25, -0.2) is 4.98 Å². The van der Waals surface area contributed by atoms with Crippen LogP contribution in [0.4, 0.5) is 0 Å². The minimum Gasteiger partial charge on any atom is -0.476 e. The minimum atomic E-state index is -1.20. The first-order valence-corrected chi connectivity index (χ1v) is 17.5. The molecular weight excluding hydrogens is 548 g/mol. The summed E-state index contributed by atoms with van der Waals surface area (Å²) in [6.07, 6.45) is 1.67. The third kappa shape index (κ3) is 8.52. The average Bonchev–Trinajstić information content (AvgIpc) is 3.25. The molecule has 0 saturated carbocycles. The number of benzene rings is 1. The molecule has 2 aromatic heterocycles. The first-order chi connectivity index (χ1) is 18.7. The lowest BCUT2D eigenvalue weighted by molar-refractivity contribution is -0.152. The number of hydrogen-bond donors (Lipinski definition) is 0. The van der Waals surface area contributed by atoms with E-state index in [1.165, 1.54) is 7.11 Å². The smallest absolute Gasteiger partial charge is 0.317 e. The van der Waals surface area contributed by atoms with Gasteiger partial charge in [0, 0.05) is 38.1 Å². The predicted molar refractivity (Wildman–Crippen MR) is 160 cm³/mol. The monoisotopic (exact) mass is 588 g/mol. The maximum absolute atomic E-state index is 11.9. The summed E-state index contributed by atoms with van der Waals surface area (Å²) in [5.41, 5.74) is 2.66. The van der Waals surface area contributed by atoms with Crippen molar-refractivity contribution in [1.82, 2.24) is 19.7 Å². The Morgan fingerprint density at radius 3 is 2.48 bits per heavy atom. The largest absolute Gasteiger partial charge is 0.476 e. The van der Waals surface area contributed by atoms with E-state index < -0.39 is 13.5 Å². The summed E-state index contributed by atoms with van der Waals surface area (Å²) in [5, 5.41) is 5.14. The van der Waals surface area contributed by atoms with Crippen LogP contribution in [0.2, 0.25) is 30.7 Å². The summed E-state index contributed by atoms with van der Waals surface area (Å²) in [7, 11) is 0.168. The fraction of sp³-hybridized carbons (Fsp3) is 0.517. The number of halogens is 1. The summed E-state index contributed by atoms with van der Waals surface area (Å²) < 4.78 is 24.0. The normalized spacial score (nSPS) is 12.1. The Morgan fingerprint density at radius 1 is 1.15 bits per heavy atom. The maximum Gasteiger partial charge on any atom is 0.317 e. The predicted octanol–water partition coefficient (Wildman–Crippen LogP) is 6.65. The lowest BCUT2D eigenvalue weighted by Gasteiger charge is -2.21. The number of aryl methyl sites for hydroxylation is 1. The third-order valence-corrected chi connectivity index (χ3v) is 8.13. The molecule has 0 spiro atoms. The standard InChI is InChI=1S/C29H41ClN4O5Si/c1-19(2)39-28-32-26(33-34(28)18-37-12-13-40(7,8)9)22-11-10-21(15-24(22)30)23-16-31-25(14-20(23)3)38-17-29(4,5)27(35)36-6/h10-11,14-16,19H,12-13,17-18H2,1-9H3. The Balaban J connectivity index is 1.79. The topological polar surface area (TPSA) is 97.6 Å². The number of ether oxygens (including phenoxy) is 4. The molecule has 0 radical (unpaired) electrons. The number of pyridine rings is 1.